The minimum atomic E-state index is 0. The number of allylic oxidation sites excluding steroid dienone is 4. The van der Waals surface area contributed by atoms with Crippen LogP contribution in [0.4, 0.5) is 0 Å². The zero-order valence-corrected chi connectivity index (χ0v) is 9.58. The van der Waals surface area contributed by atoms with Crippen LogP contribution in [-0.4, -0.2) is 48.0 Å². The second-order valence-electron chi connectivity index (χ2n) is 3.34. The summed E-state index contributed by atoms with van der Waals surface area (Å²) in [5.41, 5.74) is 7.14. The predicted octanol–water partition coefficient (Wildman–Crippen LogP) is 0.530. The molecule has 60 valence electrons. The quantitative estimate of drug-likeness (QED) is 0.463. The van der Waals surface area contributed by atoms with E-state index in [1.165, 1.54) is 21.4 Å². The van der Waals surface area contributed by atoms with Gasteiger partial charge in [-0.1, -0.05) is 11.1 Å². The van der Waals surface area contributed by atoms with Gasteiger partial charge in [-0.15, -0.1) is 0 Å². The van der Waals surface area contributed by atoms with Gasteiger partial charge in [0.1, 0.15) is 0 Å². The first-order valence-electron chi connectivity index (χ1n) is 3.90. The van der Waals surface area contributed by atoms with Gasteiger partial charge in [-0.25, -0.2) is 0 Å². The van der Waals surface area contributed by atoms with Gasteiger partial charge in [-0.05, 0) is 44.4 Å². The summed E-state index contributed by atoms with van der Waals surface area (Å²) in [5, 5.41) is 0. The average molecular weight is 168 g/mol. The molecule has 0 bridgehead atoms. The molecule has 1 aliphatic rings. The Kier molecular flexibility index (Phi) is 7.15. The van der Waals surface area contributed by atoms with Crippen molar-refractivity contribution in [1.82, 2.24) is 0 Å². The van der Waals surface area contributed by atoms with E-state index in [0.29, 0.717) is 0 Å². The van der Waals surface area contributed by atoms with Gasteiger partial charge in [0.05, 0.1) is 0 Å². The molecule has 0 nitrogen and oxygen atoms in total. The molecule has 0 amide bonds. The van der Waals surface area contributed by atoms with Crippen molar-refractivity contribution in [3.05, 3.63) is 22.3 Å². The summed E-state index contributed by atoms with van der Waals surface area (Å²) >= 11 is 0. The van der Waals surface area contributed by atoms with Crippen molar-refractivity contribution in [2.24, 2.45) is 0 Å². The van der Waals surface area contributed by atoms with Crippen LogP contribution in [0.1, 0.15) is 27.7 Å². The van der Waals surface area contributed by atoms with Crippen LogP contribution in [0.2, 0.25) is 5.54 Å². The van der Waals surface area contributed by atoms with Crippen LogP contribution in [0.5, 0.6) is 0 Å². The van der Waals surface area contributed by atoms with Crippen LogP contribution in [0.15, 0.2) is 22.3 Å². The molecule has 0 atom stereocenters. The van der Waals surface area contributed by atoms with Crippen molar-refractivity contribution in [3.63, 3.8) is 0 Å². The van der Waals surface area contributed by atoms with Gasteiger partial charge in [0, 0.05) is 10.2 Å². The summed E-state index contributed by atoms with van der Waals surface area (Å²) in [4.78, 5) is 0. The van der Waals surface area contributed by atoms with E-state index in [2.05, 4.69) is 27.7 Å². The second kappa shape index (κ2) is 5.59. The Labute approximate surface area is 103 Å². The van der Waals surface area contributed by atoms with E-state index < -0.39 is 0 Å². The Hall–Kier alpha value is 0.892. The van der Waals surface area contributed by atoms with Crippen molar-refractivity contribution < 1.29 is 0 Å². The van der Waals surface area contributed by atoms with E-state index in [1.54, 1.807) is 11.1 Å². The van der Waals surface area contributed by atoms with Crippen LogP contribution < -0.4 is 0 Å². The first-order chi connectivity index (χ1) is 4.55. The van der Waals surface area contributed by atoms with Crippen LogP contribution in [-0.2, 0) is 0 Å². The maximum absolute atomic E-state index is 2.27. The number of rotatable bonds is 0. The average Bonchev–Trinajstić information content (AvgIpc) is 2.07. The molecule has 3 heteroatoms. The fourth-order valence-electron chi connectivity index (χ4n) is 1.57. The molecule has 1 rings (SSSR count). The summed E-state index contributed by atoms with van der Waals surface area (Å²) in [6.07, 6.45) is 0. The normalized spacial score (nSPS) is 18.0. The summed E-state index contributed by atoms with van der Waals surface area (Å²) < 4.78 is 0. The molecule has 0 spiro atoms. The van der Waals surface area contributed by atoms with Crippen molar-refractivity contribution in [2.75, 3.05) is 0 Å². The number of hydrogen-bond acceptors (Lipinski definition) is 0. The molecular weight excluding hydrogens is 150 g/mol. The van der Waals surface area contributed by atoms with Crippen molar-refractivity contribution in [3.8, 4) is 0 Å². The Morgan fingerprint density at radius 3 is 1.17 bits per heavy atom. The second-order valence-corrected chi connectivity index (χ2v) is 4.49. The van der Waals surface area contributed by atoms with Gasteiger partial charge in [0.2, 0.25) is 0 Å². The molecule has 1 aliphatic carbocycles. The van der Waals surface area contributed by atoms with Crippen molar-refractivity contribution in [1.29, 1.82) is 0 Å². The van der Waals surface area contributed by atoms with Crippen molar-refractivity contribution in [2.45, 2.75) is 33.2 Å². The molecule has 0 heterocycles. The van der Waals surface area contributed by atoms with Gasteiger partial charge in [0.25, 0.3) is 0 Å². The first kappa shape index (κ1) is 15.4. The number of hydrogen-bond donors (Lipinski definition) is 0. The Morgan fingerprint density at radius 2 is 1.08 bits per heavy atom. The summed E-state index contributed by atoms with van der Waals surface area (Å²) in [7, 11) is 1.28. The zero-order valence-electron chi connectivity index (χ0n) is 7.58. The van der Waals surface area contributed by atoms with Gasteiger partial charge >= 0.3 is 37.7 Å². The molecule has 0 aromatic rings. The third-order valence-electron chi connectivity index (χ3n) is 3.04. The molecular formula is C9H18Li2Si. The van der Waals surface area contributed by atoms with Crippen LogP contribution in [0, 0.1) is 0 Å². The van der Waals surface area contributed by atoms with Gasteiger partial charge in [0.15, 0.2) is 0 Å². The van der Waals surface area contributed by atoms with E-state index in [-0.39, 0.29) is 37.7 Å². The topological polar surface area (TPSA) is 0 Å². The molecule has 0 saturated carbocycles. The fourth-order valence-corrected chi connectivity index (χ4v) is 2.43. The van der Waals surface area contributed by atoms with E-state index in [1.807, 2.05) is 0 Å². The van der Waals surface area contributed by atoms with E-state index in [0.717, 1.165) is 5.54 Å². The summed E-state index contributed by atoms with van der Waals surface area (Å²) in [6.45, 7) is 9.03. The van der Waals surface area contributed by atoms with Gasteiger partial charge < -0.3 is 0 Å². The molecule has 0 saturated heterocycles. The molecule has 0 unspecified atom stereocenters. The molecule has 0 aromatic carbocycles. The fraction of sp³-hybridized carbons (Fsp3) is 0.556. The standard InChI is InChI=1S/C9H16Si.2Li.2H/c1-5-6(2)8(4)9(10)7(5)3;;;;/h9H,1-4,10H3;;;;. The molecule has 12 heavy (non-hydrogen) atoms. The Balaban J connectivity index is 0. The summed E-state index contributed by atoms with van der Waals surface area (Å²) in [5.74, 6) is 0. The molecule has 0 N–H and O–H groups in total. The van der Waals surface area contributed by atoms with E-state index >= 15 is 0 Å². The Bertz CT molecular complexity index is 205. The third-order valence-corrected chi connectivity index (χ3v) is 4.78. The third kappa shape index (κ3) is 2.44. The monoisotopic (exact) mass is 168 g/mol. The molecule has 0 aliphatic heterocycles. The zero-order chi connectivity index (χ0) is 7.89. The van der Waals surface area contributed by atoms with Crippen LogP contribution >= 0.6 is 0 Å². The van der Waals surface area contributed by atoms with Crippen LogP contribution in [0.25, 0.3) is 0 Å². The van der Waals surface area contributed by atoms with E-state index in [4.69, 9.17) is 0 Å². The Morgan fingerprint density at radius 1 is 0.833 bits per heavy atom. The SMILES string of the molecule is CC1=C(C)C([SiH3])C(C)=C1C.[LiH].[LiH]. The first-order valence-corrected chi connectivity index (χ1v) is 5.06. The minimum absolute atomic E-state index is 0. The molecule has 0 aromatic heterocycles. The van der Waals surface area contributed by atoms with Gasteiger partial charge in [-0.2, -0.15) is 0 Å². The van der Waals surface area contributed by atoms with E-state index in [9.17, 15) is 0 Å². The van der Waals surface area contributed by atoms with Crippen molar-refractivity contribution >= 4 is 48.0 Å². The van der Waals surface area contributed by atoms with Crippen LogP contribution in [0.3, 0.4) is 0 Å². The molecule has 0 radical (unpaired) electrons. The predicted molar refractivity (Wildman–Crippen MR) is 64.7 cm³/mol. The van der Waals surface area contributed by atoms with Gasteiger partial charge in [-0.3, -0.25) is 0 Å². The summed E-state index contributed by atoms with van der Waals surface area (Å²) in [6, 6.07) is 0. The molecule has 0 fully saturated rings. The maximum atomic E-state index is 2.27.